The van der Waals surface area contributed by atoms with Crippen LogP contribution >= 0.6 is 0 Å². The Balaban J connectivity index is 2.40. The largest absolute Gasteiger partial charge is 0.409 e. The van der Waals surface area contributed by atoms with Crippen LogP contribution in [0.25, 0.3) is 0 Å². The Morgan fingerprint density at radius 1 is 1.35 bits per heavy atom. The van der Waals surface area contributed by atoms with Crippen molar-refractivity contribution in [2.75, 3.05) is 32.7 Å². The fraction of sp³-hybridized carbons (Fsp3) is 0.846. The van der Waals surface area contributed by atoms with Crippen LogP contribution in [0.3, 0.4) is 0 Å². The molecule has 1 aliphatic heterocycles. The Labute approximate surface area is 120 Å². The number of hydrogen-bond donors (Lipinski definition) is 3. The molecule has 116 valence electrons. The van der Waals surface area contributed by atoms with Gasteiger partial charge in [0, 0.05) is 32.7 Å². The van der Waals surface area contributed by atoms with Crippen LogP contribution < -0.4 is 11.1 Å². The summed E-state index contributed by atoms with van der Waals surface area (Å²) in [5.74, 6) is 0.244. The van der Waals surface area contributed by atoms with Crippen LogP contribution in [0.15, 0.2) is 5.16 Å². The van der Waals surface area contributed by atoms with Crippen molar-refractivity contribution in [1.82, 2.24) is 15.1 Å². The second kappa shape index (κ2) is 8.63. The first kappa shape index (κ1) is 16.6. The van der Waals surface area contributed by atoms with Crippen molar-refractivity contribution in [2.24, 2.45) is 10.9 Å². The minimum absolute atomic E-state index is 0.00921. The highest BCUT2D eigenvalue weighted by molar-refractivity contribution is 5.85. The molecule has 1 saturated heterocycles. The van der Waals surface area contributed by atoms with E-state index in [0.29, 0.717) is 13.1 Å². The zero-order chi connectivity index (χ0) is 15.0. The number of carbonyl (C=O) groups is 1. The average molecular weight is 285 g/mol. The molecule has 1 fully saturated rings. The first-order valence-electron chi connectivity index (χ1n) is 7.38. The summed E-state index contributed by atoms with van der Waals surface area (Å²) >= 11 is 0. The third-order valence-corrected chi connectivity index (χ3v) is 3.69. The maximum absolute atomic E-state index is 11.9. The molecule has 1 rings (SSSR count). The van der Waals surface area contributed by atoms with Gasteiger partial charge in [-0.05, 0) is 12.8 Å². The molecule has 0 bridgehead atoms. The van der Waals surface area contributed by atoms with E-state index in [0.717, 1.165) is 38.9 Å². The summed E-state index contributed by atoms with van der Waals surface area (Å²) < 4.78 is 0. The average Bonchev–Trinajstić information content (AvgIpc) is 2.48. The highest BCUT2D eigenvalue weighted by Gasteiger charge is 2.27. The molecule has 1 heterocycles. The molecule has 7 heteroatoms. The Morgan fingerprint density at radius 3 is 2.50 bits per heavy atom. The summed E-state index contributed by atoms with van der Waals surface area (Å²) in [6.45, 7) is 7.68. The number of nitrogens with two attached hydrogens (primary N) is 1. The molecule has 0 radical (unpaired) electrons. The number of nitrogens with one attached hydrogen (secondary N) is 1. The molecule has 20 heavy (non-hydrogen) atoms. The number of amidine groups is 1. The molecular weight excluding hydrogens is 258 g/mol. The van der Waals surface area contributed by atoms with Crippen LogP contribution in [-0.2, 0) is 0 Å². The number of oxime groups is 1. The quantitative estimate of drug-likeness (QED) is 0.219. The highest BCUT2D eigenvalue weighted by atomic mass is 16.4. The van der Waals surface area contributed by atoms with Gasteiger partial charge in [0.05, 0.1) is 6.04 Å². The third-order valence-electron chi connectivity index (χ3n) is 3.69. The number of nitrogens with zero attached hydrogens (tertiary/aromatic N) is 3. The van der Waals surface area contributed by atoms with Crippen molar-refractivity contribution in [3.63, 3.8) is 0 Å². The number of amides is 2. The highest BCUT2D eigenvalue weighted by Crippen LogP contribution is 2.10. The van der Waals surface area contributed by atoms with Crippen molar-refractivity contribution in [2.45, 2.75) is 39.2 Å². The molecule has 2 amide bonds. The summed E-state index contributed by atoms with van der Waals surface area (Å²) in [6.07, 6.45) is 2.87. The molecule has 1 unspecified atom stereocenters. The van der Waals surface area contributed by atoms with E-state index in [4.69, 9.17) is 10.9 Å². The summed E-state index contributed by atoms with van der Waals surface area (Å²) in [5.41, 5.74) is 5.70. The van der Waals surface area contributed by atoms with E-state index in [1.165, 1.54) is 0 Å². The van der Waals surface area contributed by atoms with Gasteiger partial charge in [-0.25, -0.2) is 4.79 Å². The van der Waals surface area contributed by atoms with Gasteiger partial charge in [-0.3, -0.25) is 4.90 Å². The van der Waals surface area contributed by atoms with Crippen LogP contribution in [0.2, 0.25) is 0 Å². The van der Waals surface area contributed by atoms with E-state index in [2.05, 4.69) is 22.3 Å². The van der Waals surface area contributed by atoms with Gasteiger partial charge in [0.2, 0.25) is 0 Å². The van der Waals surface area contributed by atoms with E-state index >= 15 is 0 Å². The fourth-order valence-electron chi connectivity index (χ4n) is 2.44. The Bertz CT molecular complexity index is 327. The summed E-state index contributed by atoms with van der Waals surface area (Å²) in [4.78, 5) is 15.9. The standard InChI is InChI=1S/C13H27N5O2/c1-3-5-6-15-13(19)18-9-7-17(8-10-18)11(4-2)12(14)16-20/h11,20H,3-10H2,1-2H3,(H2,14,16)(H,15,19). The minimum Gasteiger partial charge on any atom is -0.409 e. The van der Waals surface area contributed by atoms with E-state index < -0.39 is 0 Å². The molecule has 7 nitrogen and oxygen atoms in total. The minimum atomic E-state index is -0.0506. The molecule has 4 N–H and O–H groups in total. The van der Waals surface area contributed by atoms with Crippen LogP contribution in [-0.4, -0.2) is 65.6 Å². The van der Waals surface area contributed by atoms with Crippen LogP contribution in [0, 0.1) is 0 Å². The lowest BCUT2D eigenvalue weighted by Crippen LogP contribution is -2.56. The molecular formula is C13H27N5O2. The molecule has 0 aromatic heterocycles. The Kier molecular flexibility index (Phi) is 7.14. The lowest BCUT2D eigenvalue weighted by molar-refractivity contribution is 0.124. The first-order chi connectivity index (χ1) is 9.63. The predicted octanol–water partition coefficient (Wildman–Crippen LogP) is 0.639. The zero-order valence-corrected chi connectivity index (χ0v) is 12.5. The predicted molar refractivity (Wildman–Crippen MR) is 78.9 cm³/mol. The number of urea groups is 1. The Hall–Kier alpha value is -1.50. The second-order valence-electron chi connectivity index (χ2n) is 5.06. The summed E-state index contributed by atoms with van der Waals surface area (Å²) in [5, 5.41) is 14.8. The van der Waals surface area contributed by atoms with Gasteiger partial charge < -0.3 is 21.2 Å². The van der Waals surface area contributed by atoms with Crippen molar-refractivity contribution in [1.29, 1.82) is 0 Å². The molecule has 0 saturated carbocycles. The number of carbonyl (C=O) groups excluding carboxylic acids is 1. The van der Waals surface area contributed by atoms with Crippen molar-refractivity contribution >= 4 is 11.9 Å². The lowest BCUT2D eigenvalue weighted by Gasteiger charge is -2.38. The van der Waals surface area contributed by atoms with Crippen LogP contribution in [0.4, 0.5) is 4.79 Å². The van der Waals surface area contributed by atoms with E-state index in [1.54, 1.807) is 0 Å². The number of unbranched alkanes of at least 4 members (excludes halogenated alkanes) is 1. The van der Waals surface area contributed by atoms with Gasteiger partial charge in [-0.2, -0.15) is 0 Å². The first-order valence-corrected chi connectivity index (χ1v) is 7.38. The topological polar surface area (TPSA) is 94.2 Å². The number of rotatable bonds is 6. The van der Waals surface area contributed by atoms with Crippen molar-refractivity contribution in [3.05, 3.63) is 0 Å². The van der Waals surface area contributed by atoms with E-state index in [-0.39, 0.29) is 17.9 Å². The SMILES string of the molecule is CCCCNC(=O)N1CCN(C(CC)C(N)=NO)CC1. The third kappa shape index (κ3) is 4.56. The van der Waals surface area contributed by atoms with Gasteiger partial charge >= 0.3 is 6.03 Å². The lowest BCUT2D eigenvalue weighted by atomic mass is 10.1. The summed E-state index contributed by atoms with van der Waals surface area (Å²) in [7, 11) is 0. The second-order valence-corrected chi connectivity index (χ2v) is 5.06. The van der Waals surface area contributed by atoms with Crippen molar-refractivity contribution in [3.8, 4) is 0 Å². The normalized spacial score (nSPS) is 18.9. The van der Waals surface area contributed by atoms with Crippen LogP contribution in [0.5, 0.6) is 0 Å². The van der Waals surface area contributed by atoms with Gasteiger partial charge in [0.15, 0.2) is 5.84 Å². The number of hydrogen-bond acceptors (Lipinski definition) is 4. The molecule has 1 aliphatic rings. The molecule has 0 aliphatic carbocycles. The Morgan fingerprint density at radius 2 is 2.00 bits per heavy atom. The maximum atomic E-state index is 11.9. The zero-order valence-electron chi connectivity index (χ0n) is 12.5. The maximum Gasteiger partial charge on any atom is 0.317 e. The van der Waals surface area contributed by atoms with Crippen molar-refractivity contribution < 1.29 is 10.0 Å². The van der Waals surface area contributed by atoms with E-state index in [1.807, 2.05) is 11.8 Å². The smallest absolute Gasteiger partial charge is 0.317 e. The molecule has 0 spiro atoms. The van der Waals surface area contributed by atoms with Gasteiger partial charge in [0.25, 0.3) is 0 Å². The van der Waals surface area contributed by atoms with Gasteiger partial charge in [-0.15, -0.1) is 0 Å². The summed E-state index contributed by atoms with van der Waals surface area (Å²) in [6, 6.07) is -0.0414. The number of piperazine rings is 1. The van der Waals surface area contributed by atoms with Crippen LogP contribution in [0.1, 0.15) is 33.1 Å². The van der Waals surface area contributed by atoms with Gasteiger partial charge in [0.1, 0.15) is 0 Å². The molecule has 1 atom stereocenters. The van der Waals surface area contributed by atoms with Gasteiger partial charge in [-0.1, -0.05) is 25.4 Å². The molecule has 0 aromatic carbocycles. The monoisotopic (exact) mass is 285 g/mol. The fourth-order valence-corrected chi connectivity index (χ4v) is 2.44. The molecule has 0 aromatic rings. The van der Waals surface area contributed by atoms with E-state index in [9.17, 15) is 4.79 Å².